The average molecular weight is 377 g/mol. The molecule has 26 heavy (non-hydrogen) atoms. The first-order chi connectivity index (χ1) is 12.4. The van der Waals surface area contributed by atoms with Crippen LogP contribution in [0.15, 0.2) is 59.5 Å². The first-order valence-corrected chi connectivity index (χ1v) is 8.57. The van der Waals surface area contributed by atoms with Crippen molar-refractivity contribution in [3.8, 4) is 0 Å². The quantitative estimate of drug-likeness (QED) is 0.438. The van der Waals surface area contributed by atoms with Crippen LogP contribution in [-0.2, 0) is 14.3 Å². The lowest BCUT2D eigenvalue weighted by Crippen LogP contribution is -2.20. The fourth-order valence-electron chi connectivity index (χ4n) is 2.03. The Bertz CT molecular complexity index is 792. The molecule has 1 amide bonds. The number of benzene rings is 2. The van der Waals surface area contributed by atoms with Crippen molar-refractivity contribution in [2.75, 3.05) is 11.9 Å². The van der Waals surface area contributed by atoms with Crippen molar-refractivity contribution in [1.82, 2.24) is 0 Å². The summed E-state index contributed by atoms with van der Waals surface area (Å²) >= 11 is 0.422. The summed E-state index contributed by atoms with van der Waals surface area (Å²) in [4.78, 5) is 23.8. The van der Waals surface area contributed by atoms with Crippen LogP contribution in [0.5, 0.6) is 0 Å². The first-order valence-electron chi connectivity index (χ1n) is 7.69. The van der Waals surface area contributed by atoms with Crippen LogP contribution in [0.2, 0.25) is 0 Å². The van der Waals surface area contributed by atoms with Crippen molar-refractivity contribution in [2.24, 2.45) is 0 Å². The Morgan fingerprint density at radius 3 is 2.50 bits per heavy atom. The van der Waals surface area contributed by atoms with Gasteiger partial charge >= 0.3 is 5.97 Å². The van der Waals surface area contributed by atoms with E-state index in [-0.39, 0.29) is 0 Å². The van der Waals surface area contributed by atoms with Gasteiger partial charge in [0.05, 0.1) is 0 Å². The van der Waals surface area contributed by atoms with Crippen LogP contribution < -0.4 is 5.32 Å². The standard InChI is InChI=1S/C19H17F2NO3S/c1-13-4-2-3-5-14(13)6-11-18(24)25-12-17(23)22-15-7-9-16(10-8-15)26-19(20)21/h2-11,19H,12H2,1H3,(H,22,23)/b11-6+. The third-order valence-electron chi connectivity index (χ3n) is 3.30. The molecule has 2 aromatic carbocycles. The number of hydrogen-bond donors (Lipinski definition) is 1. The minimum Gasteiger partial charge on any atom is -0.452 e. The number of nitrogens with one attached hydrogen (secondary N) is 1. The summed E-state index contributed by atoms with van der Waals surface area (Å²) in [6.45, 7) is 1.48. The molecule has 0 radical (unpaired) electrons. The van der Waals surface area contributed by atoms with Gasteiger partial charge in [-0.05, 0) is 48.4 Å². The molecule has 0 aliphatic carbocycles. The van der Waals surface area contributed by atoms with E-state index in [2.05, 4.69) is 5.32 Å². The number of thioether (sulfide) groups is 1. The van der Waals surface area contributed by atoms with E-state index in [0.717, 1.165) is 11.1 Å². The van der Waals surface area contributed by atoms with Gasteiger partial charge in [-0.2, -0.15) is 8.78 Å². The van der Waals surface area contributed by atoms with Gasteiger partial charge < -0.3 is 10.1 Å². The van der Waals surface area contributed by atoms with E-state index in [1.54, 1.807) is 6.08 Å². The lowest BCUT2D eigenvalue weighted by Gasteiger charge is -2.06. The van der Waals surface area contributed by atoms with Crippen molar-refractivity contribution in [3.05, 3.63) is 65.7 Å². The zero-order valence-electron chi connectivity index (χ0n) is 13.9. The zero-order chi connectivity index (χ0) is 18.9. The van der Waals surface area contributed by atoms with Crippen LogP contribution in [0.4, 0.5) is 14.5 Å². The normalized spacial score (nSPS) is 10.9. The molecule has 2 rings (SSSR count). The largest absolute Gasteiger partial charge is 0.452 e. The summed E-state index contributed by atoms with van der Waals surface area (Å²) in [6.07, 6.45) is 2.88. The van der Waals surface area contributed by atoms with Crippen molar-refractivity contribution in [1.29, 1.82) is 0 Å². The molecule has 0 aliphatic rings. The second-order valence-corrected chi connectivity index (χ2v) is 6.31. The van der Waals surface area contributed by atoms with Gasteiger partial charge in [0.25, 0.3) is 11.7 Å². The summed E-state index contributed by atoms with van der Waals surface area (Å²) in [6, 6.07) is 13.5. The third-order valence-corrected chi connectivity index (χ3v) is 4.02. The SMILES string of the molecule is Cc1ccccc1/C=C/C(=O)OCC(=O)Nc1ccc(SC(F)F)cc1. The molecule has 7 heteroatoms. The second kappa shape index (κ2) is 9.72. The van der Waals surface area contributed by atoms with Gasteiger partial charge in [-0.25, -0.2) is 4.79 Å². The predicted octanol–water partition coefficient (Wildman–Crippen LogP) is 4.50. The Kier molecular flexibility index (Phi) is 7.35. The molecule has 136 valence electrons. The van der Waals surface area contributed by atoms with E-state index >= 15 is 0 Å². The summed E-state index contributed by atoms with van der Waals surface area (Å²) in [7, 11) is 0. The number of carbonyl (C=O) groups is 2. The van der Waals surface area contributed by atoms with E-state index < -0.39 is 24.2 Å². The van der Waals surface area contributed by atoms with Gasteiger partial charge in [0, 0.05) is 16.7 Å². The number of rotatable bonds is 7. The molecule has 0 bridgehead atoms. The molecule has 0 atom stereocenters. The topological polar surface area (TPSA) is 55.4 Å². The summed E-state index contributed by atoms with van der Waals surface area (Å²) < 4.78 is 29.4. The predicted molar refractivity (Wildman–Crippen MR) is 98.1 cm³/mol. The maximum absolute atomic E-state index is 12.2. The van der Waals surface area contributed by atoms with Crippen LogP contribution in [0.1, 0.15) is 11.1 Å². The molecular formula is C19H17F2NO3S. The van der Waals surface area contributed by atoms with Crippen molar-refractivity contribution < 1.29 is 23.1 Å². The highest BCUT2D eigenvalue weighted by atomic mass is 32.2. The highest BCUT2D eigenvalue weighted by molar-refractivity contribution is 7.99. The van der Waals surface area contributed by atoms with E-state index in [1.165, 1.54) is 30.3 Å². The molecule has 4 nitrogen and oxygen atoms in total. The van der Waals surface area contributed by atoms with Gasteiger partial charge in [-0.15, -0.1) is 0 Å². The average Bonchev–Trinajstić information content (AvgIpc) is 2.60. The van der Waals surface area contributed by atoms with Crippen LogP contribution in [0.3, 0.4) is 0 Å². The highest BCUT2D eigenvalue weighted by Crippen LogP contribution is 2.26. The van der Waals surface area contributed by atoms with Crippen LogP contribution in [-0.4, -0.2) is 24.2 Å². The van der Waals surface area contributed by atoms with Crippen molar-refractivity contribution in [2.45, 2.75) is 17.6 Å². The molecule has 2 aromatic rings. The van der Waals surface area contributed by atoms with E-state index in [1.807, 2.05) is 31.2 Å². The van der Waals surface area contributed by atoms with E-state index in [4.69, 9.17) is 4.74 Å². The number of ether oxygens (including phenoxy) is 1. The summed E-state index contributed by atoms with van der Waals surface area (Å²) in [5, 5.41) is 2.52. The molecule has 0 aliphatic heterocycles. The number of carbonyl (C=O) groups excluding carboxylic acids is 2. The molecule has 0 unspecified atom stereocenters. The van der Waals surface area contributed by atoms with Crippen molar-refractivity contribution in [3.63, 3.8) is 0 Å². The molecule has 0 saturated carbocycles. The van der Waals surface area contributed by atoms with E-state index in [9.17, 15) is 18.4 Å². The van der Waals surface area contributed by atoms with Gasteiger partial charge in [-0.1, -0.05) is 36.0 Å². The maximum Gasteiger partial charge on any atom is 0.331 e. The summed E-state index contributed by atoms with van der Waals surface area (Å²) in [5.41, 5.74) is 2.33. The Balaban J connectivity index is 1.79. The minimum absolute atomic E-state index is 0.394. The number of aryl methyl sites for hydroxylation is 1. The number of amides is 1. The number of halogens is 2. The molecule has 0 spiro atoms. The molecule has 0 heterocycles. The minimum atomic E-state index is -2.50. The fourth-order valence-corrected chi connectivity index (χ4v) is 2.53. The number of hydrogen-bond acceptors (Lipinski definition) is 4. The Morgan fingerprint density at radius 2 is 1.85 bits per heavy atom. The van der Waals surface area contributed by atoms with Crippen LogP contribution in [0.25, 0.3) is 6.08 Å². The first kappa shape index (κ1) is 19.7. The molecule has 1 N–H and O–H groups in total. The molecule has 0 aromatic heterocycles. The third kappa shape index (κ3) is 6.68. The van der Waals surface area contributed by atoms with Crippen LogP contribution in [0, 0.1) is 6.92 Å². The molecule has 0 saturated heterocycles. The maximum atomic E-state index is 12.2. The second-order valence-electron chi connectivity index (χ2n) is 5.25. The number of alkyl halides is 2. The number of anilines is 1. The van der Waals surface area contributed by atoms with Crippen LogP contribution >= 0.6 is 11.8 Å². The summed E-state index contributed by atoms with van der Waals surface area (Å²) in [5.74, 6) is -3.65. The lowest BCUT2D eigenvalue weighted by molar-refractivity contribution is -0.142. The Labute approximate surface area is 154 Å². The monoisotopic (exact) mass is 377 g/mol. The van der Waals surface area contributed by atoms with Gasteiger partial charge in [0.2, 0.25) is 0 Å². The zero-order valence-corrected chi connectivity index (χ0v) is 14.8. The fraction of sp³-hybridized carbons (Fsp3) is 0.158. The van der Waals surface area contributed by atoms with Crippen molar-refractivity contribution >= 4 is 35.4 Å². The molecular weight excluding hydrogens is 360 g/mol. The van der Waals surface area contributed by atoms with Gasteiger partial charge in [0.1, 0.15) is 0 Å². The van der Waals surface area contributed by atoms with Gasteiger partial charge in [-0.3, -0.25) is 4.79 Å². The molecule has 0 fully saturated rings. The Hall–Kier alpha value is -2.67. The Morgan fingerprint density at radius 1 is 1.15 bits per heavy atom. The van der Waals surface area contributed by atoms with Gasteiger partial charge in [0.15, 0.2) is 6.61 Å². The highest BCUT2D eigenvalue weighted by Gasteiger charge is 2.08. The lowest BCUT2D eigenvalue weighted by atomic mass is 10.1. The number of esters is 1. The van der Waals surface area contributed by atoms with E-state index in [0.29, 0.717) is 22.3 Å². The smallest absolute Gasteiger partial charge is 0.331 e.